The lowest BCUT2D eigenvalue weighted by Gasteiger charge is -2.29. The monoisotopic (exact) mass is 388 g/mol. The van der Waals surface area contributed by atoms with E-state index in [4.69, 9.17) is 4.74 Å². The van der Waals surface area contributed by atoms with Crippen molar-refractivity contribution in [2.45, 2.75) is 111 Å². The fraction of sp³-hybridized carbons (Fsp3) is 0.731. The summed E-state index contributed by atoms with van der Waals surface area (Å²) in [6.45, 7) is 9.50. The molecule has 0 amide bonds. The number of unbranched alkanes of at least 4 members (excludes halogenated alkanes) is 8. The Bertz CT molecular complexity index is 520. The molecule has 1 atom stereocenters. The topological polar surface area (TPSA) is 26.3 Å². The van der Waals surface area contributed by atoms with E-state index < -0.39 is 0 Å². The third-order valence-electron chi connectivity index (χ3n) is 5.92. The highest BCUT2D eigenvalue weighted by molar-refractivity contribution is 5.89. The highest BCUT2D eigenvalue weighted by Gasteiger charge is 2.26. The predicted octanol–water partition coefficient (Wildman–Crippen LogP) is 8.13. The number of carbonyl (C=O) groups is 1. The summed E-state index contributed by atoms with van der Waals surface area (Å²) in [6, 6.07) is 7.84. The van der Waals surface area contributed by atoms with Crippen molar-refractivity contribution in [2.24, 2.45) is 5.41 Å². The van der Waals surface area contributed by atoms with Gasteiger partial charge in [-0.25, -0.2) is 4.79 Å². The van der Waals surface area contributed by atoms with E-state index in [1.807, 2.05) is 24.3 Å². The minimum atomic E-state index is -0.176. The second-order valence-corrected chi connectivity index (χ2v) is 8.77. The van der Waals surface area contributed by atoms with Gasteiger partial charge in [0.15, 0.2) is 0 Å². The van der Waals surface area contributed by atoms with Gasteiger partial charge in [-0.2, -0.15) is 0 Å². The molecule has 0 fully saturated rings. The summed E-state index contributed by atoms with van der Waals surface area (Å²) < 4.78 is 5.78. The van der Waals surface area contributed by atoms with Crippen LogP contribution in [0.3, 0.4) is 0 Å². The molecule has 2 heteroatoms. The van der Waals surface area contributed by atoms with Gasteiger partial charge in [0.1, 0.15) is 0 Å². The second-order valence-electron chi connectivity index (χ2n) is 8.77. The van der Waals surface area contributed by atoms with E-state index in [1.165, 1.54) is 69.8 Å². The summed E-state index contributed by atoms with van der Waals surface area (Å²) in [5, 5.41) is 0. The average Bonchev–Trinajstić information content (AvgIpc) is 2.72. The Balaban J connectivity index is 2.52. The van der Waals surface area contributed by atoms with Crippen molar-refractivity contribution in [1.29, 1.82) is 0 Å². The summed E-state index contributed by atoms with van der Waals surface area (Å²) in [4.78, 5) is 12.5. The zero-order valence-electron chi connectivity index (χ0n) is 19.0. The summed E-state index contributed by atoms with van der Waals surface area (Å²) in [5.74, 6) is -0.176. The maximum atomic E-state index is 12.5. The largest absolute Gasteiger partial charge is 0.462 e. The molecule has 0 radical (unpaired) electrons. The van der Waals surface area contributed by atoms with Gasteiger partial charge in [-0.1, -0.05) is 104 Å². The summed E-state index contributed by atoms with van der Waals surface area (Å²) in [5.41, 5.74) is 2.03. The first-order valence-corrected chi connectivity index (χ1v) is 11.8. The third kappa shape index (κ3) is 10.3. The number of carbonyl (C=O) groups excluding carboxylic acids is 1. The molecule has 0 aromatic heterocycles. The zero-order chi connectivity index (χ0) is 20.7. The molecular formula is C26H44O2. The average molecular weight is 389 g/mol. The van der Waals surface area contributed by atoms with Crippen LogP contribution in [-0.2, 0) is 11.2 Å². The minimum Gasteiger partial charge on any atom is -0.462 e. The molecule has 0 heterocycles. The fourth-order valence-electron chi connectivity index (χ4n) is 3.78. The normalized spacial score (nSPS) is 13.3. The Hall–Kier alpha value is -1.31. The number of esters is 1. The van der Waals surface area contributed by atoms with Crippen LogP contribution >= 0.6 is 0 Å². The minimum absolute atomic E-state index is 0.109. The van der Waals surface area contributed by atoms with E-state index in [-0.39, 0.29) is 11.4 Å². The summed E-state index contributed by atoms with van der Waals surface area (Å²) in [6.07, 6.45) is 16.3. The zero-order valence-corrected chi connectivity index (χ0v) is 19.0. The summed E-state index contributed by atoms with van der Waals surface area (Å²) in [7, 11) is 0. The first-order valence-electron chi connectivity index (χ1n) is 11.8. The number of rotatable bonds is 16. The molecule has 0 saturated carbocycles. The van der Waals surface area contributed by atoms with E-state index in [0.29, 0.717) is 12.2 Å². The van der Waals surface area contributed by atoms with Crippen molar-refractivity contribution in [1.82, 2.24) is 0 Å². The first kappa shape index (κ1) is 24.7. The van der Waals surface area contributed by atoms with Gasteiger partial charge in [-0.3, -0.25) is 0 Å². The summed E-state index contributed by atoms with van der Waals surface area (Å²) >= 11 is 0. The molecule has 0 aliphatic carbocycles. The van der Waals surface area contributed by atoms with E-state index in [2.05, 4.69) is 27.7 Å². The molecule has 1 aromatic rings. The van der Waals surface area contributed by atoms with Crippen molar-refractivity contribution in [2.75, 3.05) is 6.61 Å². The lowest BCUT2D eigenvalue weighted by molar-refractivity contribution is 0.0264. The number of ether oxygens (including phenoxy) is 1. The van der Waals surface area contributed by atoms with Crippen LogP contribution in [0.2, 0.25) is 0 Å². The van der Waals surface area contributed by atoms with Crippen LogP contribution in [0.1, 0.15) is 121 Å². The van der Waals surface area contributed by atoms with Crippen LogP contribution in [0.5, 0.6) is 0 Å². The van der Waals surface area contributed by atoms with E-state index >= 15 is 0 Å². The molecule has 0 aliphatic rings. The Kier molecular flexibility index (Phi) is 12.9. The van der Waals surface area contributed by atoms with Crippen molar-refractivity contribution in [3.05, 3.63) is 35.4 Å². The molecule has 0 bridgehead atoms. The van der Waals surface area contributed by atoms with Gasteiger partial charge >= 0.3 is 5.97 Å². The maximum Gasteiger partial charge on any atom is 0.338 e. The molecule has 28 heavy (non-hydrogen) atoms. The van der Waals surface area contributed by atoms with Crippen molar-refractivity contribution in [3.63, 3.8) is 0 Å². The van der Waals surface area contributed by atoms with Crippen LogP contribution in [0.4, 0.5) is 0 Å². The molecular weight excluding hydrogens is 344 g/mol. The fourth-order valence-corrected chi connectivity index (χ4v) is 3.78. The highest BCUT2D eigenvalue weighted by atomic mass is 16.5. The molecule has 2 nitrogen and oxygen atoms in total. The van der Waals surface area contributed by atoms with E-state index in [0.717, 1.165) is 19.3 Å². The number of hydrogen-bond acceptors (Lipinski definition) is 2. The number of benzene rings is 1. The van der Waals surface area contributed by atoms with Crippen molar-refractivity contribution in [3.8, 4) is 0 Å². The highest BCUT2D eigenvalue weighted by Crippen LogP contribution is 2.32. The van der Waals surface area contributed by atoms with Crippen molar-refractivity contribution < 1.29 is 9.53 Å². The van der Waals surface area contributed by atoms with Crippen LogP contribution in [-0.4, -0.2) is 12.6 Å². The molecule has 1 rings (SSSR count). The molecule has 0 saturated heterocycles. The van der Waals surface area contributed by atoms with Gasteiger partial charge < -0.3 is 4.74 Å². The Morgan fingerprint density at radius 2 is 1.29 bits per heavy atom. The van der Waals surface area contributed by atoms with Crippen LogP contribution in [0.15, 0.2) is 24.3 Å². The second kappa shape index (κ2) is 14.7. The predicted molar refractivity (Wildman–Crippen MR) is 121 cm³/mol. The van der Waals surface area contributed by atoms with Crippen molar-refractivity contribution >= 4 is 5.97 Å². The lowest BCUT2D eigenvalue weighted by atomic mass is 9.80. The SMILES string of the molecule is CCCCCCCCC(C)(CCCCCC)COC(=O)c1ccc(CC)cc1. The Morgan fingerprint density at radius 3 is 1.82 bits per heavy atom. The van der Waals surface area contributed by atoms with Crippen LogP contribution < -0.4 is 0 Å². The Morgan fingerprint density at radius 1 is 0.786 bits per heavy atom. The van der Waals surface area contributed by atoms with Crippen LogP contribution in [0.25, 0.3) is 0 Å². The van der Waals surface area contributed by atoms with Gasteiger partial charge in [0.25, 0.3) is 0 Å². The molecule has 1 aromatic carbocycles. The smallest absolute Gasteiger partial charge is 0.338 e. The van der Waals surface area contributed by atoms with Gasteiger partial charge in [0.2, 0.25) is 0 Å². The van der Waals surface area contributed by atoms with E-state index in [1.54, 1.807) is 0 Å². The van der Waals surface area contributed by atoms with Gasteiger partial charge in [0.05, 0.1) is 12.2 Å². The van der Waals surface area contributed by atoms with Gasteiger partial charge in [-0.15, -0.1) is 0 Å². The number of aryl methyl sites for hydroxylation is 1. The standard InChI is InChI=1S/C26H44O2/c1-5-8-10-12-13-15-21-26(4,20-14-11-9-6-2)22-28-25(27)24-18-16-23(7-3)17-19-24/h16-19H,5-15,20-22H2,1-4H3. The molecule has 0 aliphatic heterocycles. The first-order chi connectivity index (χ1) is 13.5. The lowest BCUT2D eigenvalue weighted by Crippen LogP contribution is -2.25. The molecule has 0 spiro atoms. The maximum absolute atomic E-state index is 12.5. The molecule has 0 N–H and O–H groups in total. The van der Waals surface area contributed by atoms with Gasteiger partial charge in [-0.05, 0) is 37.0 Å². The Labute approximate surface area is 174 Å². The third-order valence-corrected chi connectivity index (χ3v) is 5.92. The molecule has 1 unspecified atom stereocenters. The quantitative estimate of drug-likeness (QED) is 0.211. The van der Waals surface area contributed by atoms with E-state index in [9.17, 15) is 4.79 Å². The van der Waals surface area contributed by atoms with Gasteiger partial charge in [0, 0.05) is 5.41 Å². The molecule has 160 valence electrons. The van der Waals surface area contributed by atoms with Crippen LogP contribution in [0, 0.1) is 5.41 Å². The number of hydrogen-bond donors (Lipinski definition) is 0.